The number of ether oxygens (including phenoxy) is 2. The Hall–Kier alpha value is -3.60. The monoisotopic (exact) mass is 674 g/mol. The van der Waals surface area contributed by atoms with Crippen LogP contribution in [0.5, 0.6) is 0 Å². The number of imide groups is 1. The van der Waals surface area contributed by atoms with Gasteiger partial charge in [-0.25, -0.2) is 26.4 Å². The third kappa shape index (κ3) is 5.55. The Morgan fingerprint density at radius 3 is 1.59 bits per heavy atom. The van der Waals surface area contributed by atoms with Crippen LogP contribution in [0.2, 0.25) is 0 Å². The highest BCUT2D eigenvalue weighted by molar-refractivity contribution is 7.91. The Morgan fingerprint density at radius 2 is 1.20 bits per heavy atom. The van der Waals surface area contributed by atoms with Gasteiger partial charge in [-0.15, -0.1) is 4.31 Å². The fourth-order valence-corrected chi connectivity index (χ4v) is 10.1. The quantitative estimate of drug-likeness (QED) is 0.0929. The van der Waals surface area contributed by atoms with Crippen LogP contribution in [0, 0.1) is 0 Å². The minimum absolute atomic E-state index is 0.287. The Balaban J connectivity index is 2.65. The SMILES string of the molecule is CCO[P+](OCC)(OCC)/C(=C(/[O-])OC)C1(C(=O)OC)C(=O)N(S(=O)(=O)c2ccccc2)C(=O)N1S(=O)(=O)c1ccccc1. The van der Waals surface area contributed by atoms with Crippen molar-refractivity contribution in [3.05, 3.63) is 71.9 Å². The number of carbonyl (C=O) groups excluding carboxylic acids is 3. The molecule has 2 aromatic carbocycles. The van der Waals surface area contributed by atoms with Gasteiger partial charge in [0.1, 0.15) is 5.95 Å². The van der Waals surface area contributed by atoms with Crippen molar-refractivity contribution in [2.75, 3.05) is 34.0 Å². The summed E-state index contributed by atoms with van der Waals surface area (Å²) in [4.78, 5) is 41.6. The van der Waals surface area contributed by atoms with Gasteiger partial charge in [-0.1, -0.05) is 36.4 Å². The highest BCUT2D eigenvalue weighted by Crippen LogP contribution is 2.73. The van der Waals surface area contributed by atoms with Crippen LogP contribution in [-0.2, 0) is 52.7 Å². The smallest absolute Gasteiger partial charge is 0.450 e. The highest BCUT2D eigenvalue weighted by Gasteiger charge is 2.80. The summed E-state index contributed by atoms with van der Waals surface area (Å²) in [6.45, 7) is 3.47. The van der Waals surface area contributed by atoms with Crippen molar-refractivity contribution >= 4 is 45.9 Å². The Kier molecular flexibility index (Phi) is 10.8. The first-order valence-corrected chi connectivity index (χ1v) is 17.4. The van der Waals surface area contributed by atoms with E-state index >= 15 is 0 Å². The van der Waals surface area contributed by atoms with Crippen molar-refractivity contribution in [1.29, 1.82) is 0 Å². The predicted molar refractivity (Wildman–Crippen MR) is 152 cm³/mol. The van der Waals surface area contributed by atoms with Crippen LogP contribution in [-0.4, -0.2) is 82.9 Å². The second-order valence-electron chi connectivity index (χ2n) is 8.55. The molecular formula is C26H31N2O13PS2. The maximum atomic E-state index is 14.6. The van der Waals surface area contributed by atoms with E-state index in [1.54, 1.807) is 0 Å². The van der Waals surface area contributed by atoms with Crippen molar-refractivity contribution in [2.24, 2.45) is 0 Å². The van der Waals surface area contributed by atoms with Gasteiger partial charge in [0.2, 0.25) is 5.31 Å². The van der Waals surface area contributed by atoms with Gasteiger partial charge >= 0.3 is 25.5 Å². The van der Waals surface area contributed by atoms with Crippen LogP contribution in [0.25, 0.3) is 0 Å². The summed E-state index contributed by atoms with van der Waals surface area (Å²) in [7, 11) is -13.6. The summed E-state index contributed by atoms with van der Waals surface area (Å²) >= 11 is 0. The zero-order valence-corrected chi connectivity index (χ0v) is 26.9. The second kappa shape index (κ2) is 13.6. The minimum atomic E-state index is -5.37. The lowest BCUT2D eigenvalue weighted by atomic mass is 9.99. The average molecular weight is 675 g/mol. The lowest BCUT2D eigenvalue weighted by Gasteiger charge is -2.36. The number of hydrogen-bond acceptors (Lipinski definition) is 13. The number of amides is 3. The lowest BCUT2D eigenvalue weighted by molar-refractivity contribution is -0.355. The van der Waals surface area contributed by atoms with E-state index in [9.17, 15) is 36.3 Å². The molecule has 0 radical (unpaired) electrons. The van der Waals surface area contributed by atoms with Gasteiger partial charge in [-0.2, -0.15) is 17.9 Å². The van der Waals surface area contributed by atoms with Crippen LogP contribution in [0.3, 0.4) is 0 Å². The third-order valence-corrected chi connectivity index (χ3v) is 12.4. The molecule has 0 bridgehead atoms. The predicted octanol–water partition coefficient (Wildman–Crippen LogP) is 1.99. The maximum absolute atomic E-state index is 14.6. The molecule has 240 valence electrons. The van der Waals surface area contributed by atoms with E-state index in [2.05, 4.69) is 0 Å². The second-order valence-corrected chi connectivity index (χ2v) is 14.3. The first-order chi connectivity index (χ1) is 20.8. The number of rotatable bonds is 14. The van der Waals surface area contributed by atoms with Crippen LogP contribution >= 0.6 is 7.94 Å². The van der Waals surface area contributed by atoms with Gasteiger partial charge in [0.15, 0.2) is 0 Å². The zero-order valence-electron chi connectivity index (χ0n) is 24.4. The maximum Gasteiger partial charge on any atom is 0.450 e. The van der Waals surface area contributed by atoms with Crippen LogP contribution in [0.4, 0.5) is 4.79 Å². The van der Waals surface area contributed by atoms with Crippen molar-refractivity contribution in [3.8, 4) is 0 Å². The molecule has 0 saturated carbocycles. The van der Waals surface area contributed by atoms with E-state index < -0.39 is 76.8 Å². The number of methoxy groups -OCH3 is 2. The first kappa shape index (κ1) is 34.9. The zero-order chi connectivity index (χ0) is 32.9. The summed E-state index contributed by atoms with van der Waals surface area (Å²) in [5.41, 5.74) is -3.72. The summed E-state index contributed by atoms with van der Waals surface area (Å²) in [6, 6.07) is 10.1. The van der Waals surface area contributed by atoms with Gasteiger partial charge in [0.05, 0.1) is 36.7 Å². The number of carbonyl (C=O) groups is 3. The molecule has 1 aliphatic heterocycles. The summed E-state index contributed by atoms with van der Waals surface area (Å²) in [5, 5.41) is 12.5. The molecular weight excluding hydrogens is 643 g/mol. The van der Waals surface area contributed by atoms with Gasteiger partial charge < -0.3 is 14.6 Å². The normalized spacial score (nSPS) is 18.3. The Bertz CT molecular complexity index is 1620. The fourth-order valence-electron chi connectivity index (χ4n) is 4.42. The van der Waals surface area contributed by atoms with E-state index in [1.807, 2.05) is 0 Å². The largest absolute Gasteiger partial charge is 0.614 e. The molecule has 1 atom stereocenters. The van der Waals surface area contributed by atoms with Crippen LogP contribution < -0.4 is 5.11 Å². The van der Waals surface area contributed by atoms with Crippen molar-refractivity contribution in [2.45, 2.75) is 36.1 Å². The average Bonchev–Trinajstić information content (AvgIpc) is 3.25. The third-order valence-electron chi connectivity index (χ3n) is 6.08. The Morgan fingerprint density at radius 1 is 0.773 bits per heavy atom. The topological polar surface area (TPSA) is 195 Å². The number of nitrogens with zero attached hydrogens (tertiary/aromatic N) is 2. The van der Waals surface area contributed by atoms with E-state index in [1.165, 1.54) is 57.2 Å². The summed E-state index contributed by atoms with van der Waals surface area (Å²) < 4.78 is 82.6. The molecule has 18 heteroatoms. The van der Waals surface area contributed by atoms with Crippen molar-refractivity contribution < 1.29 is 59.4 Å². The van der Waals surface area contributed by atoms with Gasteiger partial charge in [0, 0.05) is 0 Å². The summed E-state index contributed by atoms with van der Waals surface area (Å²) in [5.74, 6) is -5.42. The van der Waals surface area contributed by atoms with Crippen molar-refractivity contribution in [3.63, 3.8) is 0 Å². The highest BCUT2D eigenvalue weighted by atomic mass is 32.2. The molecule has 3 amide bonds. The van der Waals surface area contributed by atoms with Gasteiger partial charge in [-0.3, -0.25) is 4.79 Å². The molecule has 0 spiro atoms. The molecule has 44 heavy (non-hydrogen) atoms. The minimum Gasteiger partial charge on any atom is -0.614 e. The summed E-state index contributed by atoms with van der Waals surface area (Å²) in [6.07, 6.45) is 0. The molecule has 15 nitrogen and oxygen atoms in total. The molecule has 2 aromatic rings. The first-order valence-electron chi connectivity index (χ1n) is 13.0. The molecule has 3 rings (SSSR count). The number of hydrogen-bond donors (Lipinski definition) is 0. The number of sulfonamides is 2. The molecule has 0 aromatic heterocycles. The number of urea groups is 1. The Labute approximate surface area is 255 Å². The number of benzene rings is 2. The van der Waals surface area contributed by atoms with E-state index in [4.69, 9.17) is 23.0 Å². The lowest BCUT2D eigenvalue weighted by Crippen LogP contribution is -2.61. The van der Waals surface area contributed by atoms with Crippen molar-refractivity contribution in [1.82, 2.24) is 8.61 Å². The molecule has 0 N–H and O–H groups in total. The standard InChI is InChI=1S/C26H31N2O13PS2/c1-6-39-42(40-7-2,41-8-3)21(22(29)37-4)26(24(31)38-5)23(30)27(43(33,34)19-15-11-9-12-16-19)25(32)28(26)44(35,36)20-17-13-10-14-18-20/h9-18H,6-8H2,1-5H3/b22-21-. The number of esters is 1. The van der Waals surface area contributed by atoms with Crippen LogP contribution in [0.15, 0.2) is 81.7 Å². The van der Waals surface area contributed by atoms with Gasteiger partial charge in [0.25, 0.3) is 26.0 Å². The molecule has 0 aliphatic carbocycles. The molecule has 1 heterocycles. The molecule has 1 aliphatic rings. The molecule has 1 unspecified atom stereocenters. The van der Waals surface area contributed by atoms with E-state index in [0.717, 1.165) is 38.5 Å². The van der Waals surface area contributed by atoms with E-state index in [0.29, 0.717) is 0 Å². The fraction of sp³-hybridized carbons (Fsp3) is 0.346. The van der Waals surface area contributed by atoms with Gasteiger partial charge in [-0.05, 0) is 52.1 Å². The van der Waals surface area contributed by atoms with Crippen LogP contribution in [0.1, 0.15) is 20.8 Å². The molecule has 1 fully saturated rings. The molecule has 1 saturated heterocycles. The van der Waals surface area contributed by atoms with E-state index in [-0.39, 0.29) is 24.1 Å².